The molecular formula is C24H35F3O2. The average molecular weight is 413 g/mol. The van der Waals surface area contributed by atoms with Crippen LogP contribution >= 0.6 is 0 Å². The van der Waals surface area contributed by atoms with E-state index in [1.807, 2.05) is 0 Å². The van der Waals surface area contributed by atoms with Crippen LogP contribution in [0.25, 0.3) is 0 Å². The molecule has 1 saturated carbocycles. The van der Waals surface area contributed by atoms with Crippen molar-refractivity contribution in [2.45, 2.75) is 89.8 Å². The highest BCUT2D eigenvalue weighted by Gasteiger charge is 2.33. The van der Waals surface area contributed by atoms with Crippen LogP contribution in [-0.2, 0) is 9.47 Å². The summed E-state index contributed by atoms with van der Waals surface area (Å²) >= 11 is 0. The highest BCUT2D eigenvalue weighted by atomic mass is 19.2. The molecule has 1 aliphatic carbocycles. The van der Waals surface area contributed by atoms with E-state index in [-0.39, 0.29) is 12.2 Å². The van der Waals surface area contributed by atoms with Crippen molar-refractivity contribution in [2.24, 2.45) is 11.8 Å². The molecule has 0 unspecified atom stereocenters. The van der Waals surface area contributed by atoms with Crippen molar-refractivity contribution in [3.63, 3.8) is 0 Å². The number of unbranched alkanes of at least 4 members (excludes halogenated alkanes) is 5. The summed E-state index contributed by atoms with van der Waals surface area (Å²) in [6.07, 6.45) is 12.3. The van der Waals surface area contributed by atoms with E-state index in [0.29, 0.717) is 17.4 Å². The monoisotopic (exact) mass is 412 g/mol. The lowest BCUT2D eigenvalue weighted by Gasteiger charge is -2.37. The van der Waals surface area contributed by atoms with Gasteiger partial charge < -0.3 is 9.47 Å². The number of hydrogen-bond acceptors (Lipinski definition) is 2. The second-order valence-electron chi connectivity index (χ2n) is 8.87. The molecule has 164 valence electrons. The maximum atomic E-state index is 13.5. The molecular weight excluding hydrogens is 377 g/mol. The van der Waals surface area contributed by atoms with Crippen molar-refractivity contribution in [3.05, 3.63) is 35.1 Å². The van der Waals surface area contributed by atoms with Gasteiger partial charge in [0.25, 0.3) is 0 Å². The predicted molar refractivity (Wildman–Crippen MR) is 108 cm³/mol. The molecule has 1 aromatic rings. The second kappa shape index (κ2) is 11.4. The summed E-state index contributed by atoms with van der Waals surface area (Å²) in [5.74, 6) is -2.69. The lowest BCUT2D eigenvalue weighted by molar-refractivity contribution is -0.229. The fourth-order valence-corrected chi connectivity index (χ4v) is 4.75. The van der Waals surface area contributed by atoms with Crippen molar-refractivity contribution >= 4 is 0 Å². The van der Waals surface area contributed by atoms with Crippen LogP contribution < -0.4 is 0 Å². The van der Waals surface area contributed by atoms with Crippen molar-refractivity contribution < 1.29 is 22.6 Å². The fraction of sp³-hybridized carbons (Fsp3) is 0.750. The van der Waals surface area contributed by atoms with E-state index in [1.165, 1.54) is 44.9 Å². The zero-order valence-electron chi connectivity index (χ0n) is 17.6. The molecule has 0 N–H and O–H groups in total. The first kappa shape index (κ1) is 22.6. The summed E-state index contributed by atoms with van der Waals surface area (Å²) in [5, 5.41) is 0. The number of benzene rings is 1. The standard InChI is InChI=1S/C24H35F3O2/c1-2-3-4-5-6-7-8-17-15-28-24(29-16-17)19-11-9-18(10-12-19)20-13-21(25)23(27)22(26)14-20/h13-14,17-19,24H,2-12,15-16H2,1H3. The third-order valence-electron chi connectivity index (χ3n) is 6.59. The smallest absolute Gasteiger partial charge is 0.194 e. The van der Waals surface area contributed by atoms with Gasteiger partial charge in [-0.1, -0.05) is 45.4 Å². The molecule has 5 heteroatoms. The van der Waals surface area contributed by atoms with Gasteiger partial charge >= 0.3 is 0 Å². The molecule has 1 aliphatic heterocycles. The largest absolute Gasteiger partial charge is 0.352 e. The van der Waals surface area contributed by atoms with Gasteiger partial charge in [0.2, 0.25) is 0 Å². The number of ether oxygens (including phenoxy) is 2. The van der Waals surface area contributed by atoms with Gasteiger partial charge in [-0.2, -0.15) is 0 Å². The van der Waals surface area contributed by atoms with Crippen molar-refractivity contribution in [1.82, 2.24) is 0 Å². The molecule has 2 fully saturated rings. The van der Waals surface area contributed by atoms with Gasteiger partial charge in [-0.3, -0.25) is 0 Å². The van der Waals surface area contributed by atoms with Gasteiger partial charge in [0.05, 0.1) is 13.2 Å². The van der Waals surface area contributed by atoms with Gasteiger partial charge in [0.1, 0.15) is 0 Å². The van der Waals surface area contributed by atoms with Crippen molar-refractivity contribution in [3.8, 4) is 0 Å². The number of hydrogen-bond donors (Lipinski definition) is 0. The summed E-state index contributed by atoms with van der Waals surface area (Å²) in [6.45, 7) is 3.78. The van der Waals surface area contributed by atoms with E-state index >= 15 is 0 Å². The lowest BCUT2D eigenvalue weighted by atomic mass is 9.78. The van der Waals surface area contributed by atoms with Crippen LogP contribution in [0.3, 0.4) is 0 Å². The molecule has 1 aromatic carbocycles. The van der Waals surface area contributed by atoms with Crippen LogP contribution in [0.1, 0.15) is 89.0 Å². The Morgan fingerprint density at radius 3 is 2.03 bits per heavy atom. The Kier molecular flexibility index (Phi) is 8.85. The Morgan fingerprint density at radius 1 is 0.828 bits per heavy atom. The van der Waals surface area contributed by atoms with Crippen LogP contribution in [0.15, 0.2) is 12.1 Å². The molecule has 0 aromatic heterocycles. The summed E-state index contributed by atoms with van der Waals surface area (Å²) < 4.78 is 52.3. The Morgan fingerprint density at radius 2 is 1.41 bits per heavy atom. The van der Waals surface area contributed by atoms with E-state index < -0.39 is 17.5 Å². The Labute approximate surface area is 173 Å². The summed E-state index contributed by atoms with van der Waals surface area (Å²) in [7, 11) is 0. The zero-order valence-corrected chi connectivity index (χ0v) is 17.6. The molecule has 0 amide bonds. The van der Waals surface area contributed by atoms with Gasteiger partial charge in [0, 0.05) is 11.8 Å². The second-order valence-corrected chi connectivity index (χ2v) is 8.87. The minimum atomic E-state index is -1.39. The van der Waals surface area contributed by atoms with E-state index in [2.05, 4.69) is 6.92 Å². The first-order valence-corrected chi connectivity index (χ1v) is 11.5. The highest BCUT2D eigenvalue weighted by molar-refractivity contribution is 5.23. The third kappa shape index (κ3) is 6.45. The molecule has 1 heterocycles. The van der Waals surface area contributed by atoms with Crippen molar-refractivity contribution in [1.29, 1.82) is 0 Å². The van der Waals surface area contributed by atoms with E-state index in [4.69, 9.17) is 9.47 Å². The first-order chi connectivity index (χ1) is 14.1. The molecule has 0 bridgehead atoms. The molecule has 3 rings (SSSR count). The molecule has 0 radical (unpaired) electrons. The van der Waals surface area contributed by atoms with Crippen LogP contribution in [0.5, 0.6) is 0 Å². The van der Waals surface area contributed by atoms with Crippen LogP contribution in [0, 0.1) is 29.3 Å². The van der Waals surface area contributed by atoms with Gasteiger partial charge in [-0.05, 0) is 55.7 Å². The zero-order chi connectivity index (χ0) is 20.6. The number of rotatable bonds is 9. The predicted octanol–water partition coefficient (Wildman–Crippen LogP) is 7.12. The Balaban J connectivity index is 1.36. The van der Waals surface area contributed by atoms with Crippen LogP contribution in [0.2, 0.25) is 0 Å². The molecule has 2 aliphatic rings. The molecule has 0 spiro atoms. The minimum Gasteiger partial charge on any atom is -0.352 e. The van der Waals surface area contributed by atoms with Gasteiger partial charge in [-0.15, -0.1) is 0 Å². The van der Waals surface area contributed by atoms with Crippen LogP contribution in [0.4, 0.5) is 13.2 Å². The minimum absolute atomic E-state index is 0.0693. The normalized spacial score (nSPS) is 27.9. The molecule has 1 saturated heterocycles. The topological polar surface area (TPSA) is 18.5 Å². The number of halogens is 3. The van der Waals surface area contributed by atoms with Gasteiger partial charge in [0.15, 0.2) is 23.7 Å². The van der Waals surface area contributed by atoms with Crippen LogP contribution in [-0.4, -0.2) is 19.5 Å². The first-order valence-electron chi connectivity index (χ1n) is 11.5. The SMILES string of the molecule is CCCCCCCCC1COC(C2CCC(c3cc(F)c(F)c(F)c3)CC2)OC1. The molecule has 29 heavy (non-hydrogen) atoms. The molecule has 0 atom stereocenters. The summed E-state index contributed by atoms with van der Waals surface area (Å²) in [6, 6.07) is 2.29. The van der Waals surface area contributed by atoms with E-state index in [1.54, 1.807) is 0 Å². The maximum Gasteiger partial charge on any atom is 0.194 e. The fourth-order valence-electron chi connectivity index (χ4n) is 4.75. The molecule has 2 nitrogen and oxygen atoms in total. The third-order valence-corrected chi connectivity index (χ3v) is 6.59. The lowest BCUT2D eigenvalue weighted by Crippen LogP contribution is -2.38. The van der Waals surface area contributed by atoms with Gasteiger partial charge in [-0.25, -0.2) is 13.2 Å². The quantitative estimate of drug-likeness (QED) is 0.318. The average Bonchev–Trinajstić information content (AvgIpc) is 2.75. The van der Waals surface area contributed by atoms with E-state index in [9.17, 15) is 13.2 Å². The Hall–Kier alpha value is -1.07. The summed E-state index contributed by atoms with van der Waals surface area (Å²) in [5.41, 5.74) is 0.560. The van der Waals surface area contributed by atoms with Crippen molar-refractivity contribution in [2.75, 3.05) is 13.2 Å². The van der Waals surface area contributed by atoms with E-state index in [0.717, 1.165) is 51.0 Å². The highest BCUT2D eigenvalue weighted by Crippen LogP contribution is 2.39. The Bertz CT molecular complexity index is 598. The summed E-state index contributed by atoms with van der Waals surface area (Å²) in [4.78, 5) is 0. The maximum absolute atomic E-state index is 13.5.